The molecule has 0 bridgehead atoms. The molecule has 1 saturated heterocycles. The number of amides is 2. The lowest BCUT2D eigenvalue weighted by Crippen LogP contribution is -2.46. The number of anilines is 1. The Bertz CT molecular complexity index is 945. The fourth-order valence-electron chi connectivity index (χ4n) is 4.33. The molecule has 0 aliphatic carbocycles. The summed E-state index contributed by atoms with van der Waals surface area (Å²) < 4.78 is 5.67. The second kappa shape index (κ2) is 9.71. The smallest absolute Gasteiger partial charge is 0.267 e. The first kappa shape index (κ1) is 21.7. The monoisotopic (exact) mass is 441 g/mol. The second-order valence-corrected chi connectivity index (χ2v) is 8.52. The third-order valence-corrected chi connectivity index (χ3v) is 6.18. The van der Waals surface area contributed by atoms with Gasteiger partial charge in [-0.1, -0.05) is 35.9 Å². The summed E-state index contributed by atoms with van der Waals surface area (Å²) in [6.07, 6.45) is 2.01. The van der Waals surface area contributed by atoms with Crippen LogP contribution in [-0.2, 0) is 9.59 Å². The zero-order valence-electron chi connectivity index (χ0n) is 17.7. The molecule has 2 aliphatic heterocycles. The SMILES string of the molecule is CC1Oc2ccccc2N(CCC(=O)NCC(c2cccc(Cl)c2)N2CCCC2)C1=O. The Hall–Kier alpha value is -2.57. The van der Waals surface area contributed by atoms with Gasteiger partial charge in [-0.2, -0.15) is 0 Å². The maximum Gasteiger partial charge on any atom is 0.267 e. The minimum atomic E-state index is -0.555. The van der Waals surface area contributed by atoms with E-state index >= 15 is 0 Å². The highest BCUT2D eigenvalue weighted by Gasteiger charge is 2.31. The van der Waals surface area contributed by atoms with Gasteiger partial charge in [-0.05, 0) is 62.7 Å². The molecule has 2 atom stereocenters. The molecule has 2 amide bonds. The van der Waals surface area contributed by atoms with Crippen LogP contribution in [0.5, 0.6) is 5.75 Å². The average molecular weight is 442 g/mol. The van der Waals surface area contributed by atoms with Gasteiger partial charge in [0.15, 0.2) is 6.10 Å². The van der Waals surface area contributed by atoms with Gasteiger partial charge in [-0.25, -0.2) is 0 Å². The summed E-state index contributed by atoms with van der Waals surface area (Å²) in [5, 5.41) is 3.77. The Labute approximate surface area is 188 Å². The summed E-state index contributed by atoms with van der Waals surface area (Å²) in [6.45, 7) is 4.61. The van der Waals surface area contributed by atoms with Gasteiger partial charge in [0.05, 0.1) is 11.7 Å². The molecule has 0 spiro atoms. The lowest BCUT2D eigenvalue weighted by atomic mass is 10.1. The first-order valence-corrected chi connectivity index (χ1v) is 11.2. The van der Waals surface area contributed by atoms with Crippen LogP contribution in [-0.4, -0.2) is 49.0 Å². The van der Waals surface area contributed by atoms with Gasteiger partial charge in [0.2, 0.25) is 5.91 Å². The number of rotatable bonds is 7. The van der Waals surface area contributed by atoms with Crippen LogP contribution in [0.1, 0.15) is 37.8 Å². The Morgan fingerprint density at radius 1 is 1.19 bits per heavy atom. The van der Waals surface area contributed by atoms with Crippen molar-refractivity contribution in [1.82, 2.24) is 10.2 Å². The molecule has 2 unspecified atom stereocenters. The van der Waals surface area contributed by atoms with Crippen LogP contribution < -0.4 is 15.0 Å². The maximum atomic E-state index is 12.7. The van der Waals surface area contributed by atoms with Crippen LogP contribution in [0, 0.1) is 0 Å². The van der Waals surface area contributed by atoms with E-state index in [1.54, 1.807) is 11.8 Å². The van der Waals surface area contributed by atoms with E-state index in [1.165, 1.54) is 12.8 Å². The summed E-state index contributed by atoms with van der Waals surface area (Å²) in [4.78, 5) is 29.3. The number of likely N-dealkylation sites (tertiary alicyclic amines) is 1. The summed E-state index contributed by atoms with van der Waals surface area (Å²) in [5.74, 6) is 0.473. The topological polar surface area (TPSA) is 61.9 Å². The molecule has 2 aromatic rings. The molecule has 6 nitrogen and oxygen atoms in total. The normalized spacial score (nSPS) is 19.6. The van der Waals surface area contributed by atoms with Crippen LogP contribution in [0.2, 0.25) is 5.02 Å². The number of nitrogens with zero attached hydrogens (tertiary/aromatic N) is 2. The molecule has 4 rings (SSSR count). The predicted molar refractivity (Wildman–Crippen MR) is 122 cm³/mol. The van der Waals surface area contributed by atoms with Crippen molar-refractivity contribution in [1.29, 1.82) is 0 Å². The van der Waals surface area contributed by atoms with Crippen LogP contribution in [0.25, 0.3) is 0 Å². The molecule has 0 radical (unpaired) electrons. The van der Waals surface area contributed by atoms with E-state index in [2.05, 4.69) is 16.3 Å². The molecule has 7 heteroatoms. The van der Waals surface area contributed by atoms with E-state index in [0.29, 0.717) is 29.5 Å². The third-order valence-electron chi connectivity index (χ3n) is 5.94. The largest absolute Gasteiger partial charge is 0.479 e. The van der Waals surface area contributed by atoms with Crippen molar-refractivity contribution < 1.29 is 14.3 Å². The molecule has 1 N–H and O–H groups in total. The quantitative estimate of drug-likeness (QED) is 0.710. The van der Waals surface area contributed by atoms with Gasteiger partial charge in [0, 0.05) is 24.5 Å². The minimum absolute atomic E-state index is 0.0735. The van der Waals surface area contributed by atoms with Crippen LogP contribution >= 0.6 is 11.6 Å². The number of para-hydroxylation sites is 2. The Kier molecular flexibility index (Phi) is 6.78. The number of fused-ring (bicyclic) bond motifs is 1. The summed E-state index contributed by atoms with van der Waals surface area (Å²) in [5.41, 5.74) is 1.83. The number of nitrogens with one attached hydrogen (secondary N) is 1. The van der Waals surface area contributed by atoms with Gasteiger partial charge < -0.3 is 15.0 Å². The summed E-state index contributed by atoms with van der Waals surface area (Å²) >= 11 is 6.21. The average Bonchev–Trinajstić information content (AvgIpc) is 3.29. The van der Waals surface area contributed by atoms with Gasteiger partial charge in [-0.15, -0.1) is 0 Å². The zero-order chi connectivity index (χ0) is 21.8. The third kappa shape index (κ3) is 5.02. The first-order valence-electron chi connectivity index (χ1n) is 10.9. The van der Waals surface area contributed by atoms with Crippen LogP contribution in [0.15, 0.2) is 48.5 Å². The lowest BCUT2D eigenvalue weighted by Gasteiger charge is -2.33. The Morgan fingerprint density at radius 3 is 2.74 bits per heavy atom. The predicted octanol–water partition coefficient (Wildman–Crippen LogP) is 3.80. The van der Waals surface area contributed by atoms with E-state index in [1.807, 2.05) is 42.5 Å². The van der Waals surface area contributed by atoms with E-state index in [0.717, 1.165) is 18.7 Å². The number of ether oxygens (including phenoxy) is 1. The number of carbonyl (C=O) groups is 2. The van der Waals surface area contributed by atoms with Crippen LogP contribution in [0.4, 0.5) is 5.69 Å². The molecular formula is C24H28ClN3O3. The Morgan fingerprint density at radius 2 is 1.97 bits per heavy atom. The molecule has 2 aliphatic rings. The molecule has 2 aromatic carbocycles. The molecule has 0 saturated carbocycles. The molecule has 2 heterocycles. The van der Waals surface area contributed by atoms with Gasteiger partial charge in [0.25, 0.3) is 5.91 Å². The standard InChI is InChI=1S/C24H28ClN3O3/c1-17-24(30)28(20-9-2-3-10-22(20)31-17)14-11-23(29)26-16-21(27-12-4-5-13-27)18-7-6-8-19(25)15-18/h2-3,6-10,15,17,21H,4-5,11-14,16H2,1H3,(H,26,29). The molecular weight excluding hydrogens is 414 g/mol. The van der Waals surface area contributed by atoms with Crippen molar-refractivity contribution in [3.05, 3.63) is 59.1 Å². The highest BCUT2D eigenvalue weighted by atomic mass is 35.5. The van der Waals surface area contributed by atoms with Crippen molar-refractivity contribution in [2.45, 2.75) is 38.3 Å². The second-order valence-electron chi connectivity index (χ2n) is 8.09. The van der Waals surface area contributed by atoms with Crippen molar-refractivity contribution in [3.63, 3.8) is 0 Å². The van der Waals surface area contributed by atoms with E-state index in [4.69, 9.17) is 16.3 Å². The number of halogens is 1. The fraction of sp³-hybridized carbons (Fsp3) is 0.417. The minimum Gasteiger partial charge on any atom is -0.479 e. The molecule has 1 fully saturated rings. The van der Waals surface area contributed by atoms with Crippen LogP contribution in [0.3, 0.4) is 0 Å². The van der Waals surface area contributed by atoms with E-state index < -0.39 is 6.10 Å². The van der Waals surface area contributed by atoms with Crippen molar-refractivity contribution in [2.75, 3.05) is 31.1 Å². The van der Waals surface area contributed by atoms with Crippen molar-refractivity contribution in [3.8, 4) is 5.75 Å². The van der Waals surface area contributed by atoms with E-state index in [-0.39, 0.29) is 24.3 Å². The molecule has 31 heavy (non-hydrogen) atoms. The molecule has 0 aromatic heterocycles. The summed E-state index contributed by atoms with van der Waals surface area (Å²) in [7, 11) is 0. The summed E-state index contributed by atoms with van der Waals surface area (Å²) in [6, 6.07) is 15.4. The van der Waals surface area contributed by atoms with Gasteiger partial charge in [-0.3, -0.25) is 14.5 Å². The maximum absolute atomic E-state index is 12.7. The van der Waals surface area contributed by atoms with Crippen molar-refractivity contribution in [2.24, 2.45) is 0 Å². The number of carbonyl (C=O) groups excluding carboxylic acids is 2. The lowest BCUT2D eigenvalue weighted by molar-refractivity contribution is -0.125. The first-order chi connectivity index (χ1) is 15.0. The highest BCUT2D eigenvalue weighted by molar-refractivity contribution is 6.30. The van der Waals surface area contributed by atoms with Gasteiger partial charge in [0.1, 0.15) is 5.75 Å². The van der Waals surface area contributed by atoms with Crippen molar-refractivity contribution >= 4 is 29.1 Å². The fourth-order valence-corrected chi connectivity index (χ4v) is 4.53. The Balaban J connectivity index is 1.38. The zero-order valence-corrected chi connectivity index (χ0v) is 18.5. The number of hydrogen-bond donors (Lipinski definition) is 1. The molecule has 164 valence electrons. The highest BCUT2D eigenvalue weighted by Crippen LogP contribution is 2.33. The van der Waals surface area contributed by atoms with Gasteiger partial charge >= 0.3 is 0 Å². The van der Waals surface area contributed by atoms with E-state index in [9.17, 15) is 9.59 Å². The number of benzene rings is 2. The number of hydrogen-bond acceptors (Lipinski definition) is 4.